The van der Waals surface area contributed by atoms with E-state index in [0.29, 0.717) is 11.0 Å². The predicted molar refractivity (Wildman–Crippen MR) is 59.9 cm³/mol. The number of aromatic amines is 2. The summed E-state index contributed by atoms with van der Waals surface area (Å²) in [5.41, 5.74) is 0.245. The first kappa shape index (κ1) is 9.71. The second-order valence-corrected chi connectivity index (χ2v) is 3.53. The molecule has 2 aromatic heterocycles. The number of hydrogen-bond acceptors (Lipinski definition) is 3. The molecule has 2 heterocycles. The summed E-state index contributed by atoms with van der Waals surface area (Å²) in [5.74, 6) is -0.251. The van der Waals surface area contributed by atoms with Gasteiger partial charge in [0.2, 0.25) is 0 Å². The molecule has 1 aromatic carbocycles. The van der Waals surface area contributed by atoms with Gasteiger partial charge in [0.15, 0.2) is 5.65 Å². The molecule has 0 aliphatic heterocycles. The van der Waals surface area contributed by atoms with Crippen molar-refractivity contribution in [1.82, 2.24) is 20.2 Å². The number of hydrogen-bond donors (Lipinski definition) is 2. The summed E-state index contributed by atoms with van der Waals surface area (Å²) in [6.07, 6.45) is 1.38. The van der Waals surface area contributed by atoms with Crippen molar-refractivity contribution in [1.29, 1.82) is 0 Å². The molecule has 17 heavy (non-hydrogen) atoms. The minimum Gasteiger partial charge on any atom is -0.306 e. The molecule has 3 aromatic rings. The molecule has 0 radical (unpaired) electrons. The fourth-order valence-electron chi connectivity index (χ4n) is 1.63. The summed E-state index contributed by atoms with van der Waals surface area (Å²) >= 11 is 0. The Kier molecular flexibility index (Phi) is 2.01. The second-order valence-electron chi connectivity index (χ2n) is 3.53. The molecule has 0 aliphatic rings. The number of nitrogens with one attached hydrogen (secondary N) is 2. The smallest absolute Gasteiger partial charge is 0.262 e. The van der Waals surface area contributed by atoms with Crippen LogP contribution in [0.25, 0.3) is 22.4 Å². The SMILES string of the molecule is O=c1[nH]c(-c2ccccc2F)nc2[nH]ncc12. The fourth-order valence-corrected chi connectivity index (χ4v) is 1.63. The van der Waals surface area contributed by atoms with E-state index in [0.717, 1.165) is 0 Å². The molecule has 0 saturated heterocycles. The zero-order valence-electron chi connectivity index (χ0n) is 8.57. The molecule has 0 aliphatic carbocycles. The maximum Gasteiger partial charge on any atom is 0.262 e. The first-order chi connectivity index (χ1) is 8.25. The molecule has 0 saturated carbocycles. The third-order valence-electron chi connectivity index (χ3n) is 2.45. The number of nitrogens with zero attached hydrogens (tertiary/aromatic N) is 2. The maximum atomic E-state index is 13.5. The summed E-state index contributed by atoms with van der Waals surface area (Å²) in [5, 5.41) is 6.66. The van der Waals surface area contributed by atoms with Crippen LogP contribution in [0.1, 0.15) is 0 Å². The number of H-pyrrole nitrogens is 2. The molecule has 0 unspecified atom stereocenters. The summed E-state index contributed by atoms with van der Waals surface area (Å²) < 4.78 is 13.5. The van der Waals surface area contributed by atoms with E-state index >= 15 is 0 Å². The van der Waals surface area contributed by atoms with Crippen molar-refractivity contribution in [2.24, 2.45) is 0 Å². The summed E-state index contributed by atoms with van der Waals surface area (Å²) in [4.78, 5) is 18.3. The Labute approximate surface area is 94.3 Å². The van der Waals surface area contributed by atoms with Crippen LogP contribution in [0.3, 0.4) is 0 Å². The van der Waals surface area contributed by atoms with E-state index in [-0.39, 0.29) is 16.9 Å². The van der Waals surface area contributed by atoms with Crippen LogP contribution < -0.4 is 5.56 Å². The lowest BCUT2D eigenvalue weighted by molar-refractivity contribution is 0.630. The van der Waals surface area contributed by atoms with E-state index in [1.54, 1.807) is 18.2 Å². The van der Waals surface area contributed by atoms with Crippen molar-refractivity contribution < 1.29 is 4.39 Å². The highest BCUT2D eigenvalue weighted by atomic mass is 19.1. The average Bonchev–Trinajstić information content (AvgIpc) is 2.78. The highest BCUT2D eigenvalue weighted by Crippen LogP contribution is 2.18. The average molecular weight is 230 g/mol. The van der Waals surface area contributed by atoms with Crippen LogP contribution in [-0.2, 0) is 0 Å². The molecule has 0 atom stereocenters. The lowest BCUT2D eigenvalue weighted by atomic mass is 10.2. The zero-order chi connectivity index (χ0) is 11.8. The molecule has 5 nitrogen and oxygen atoms in total. The maximum absolute atomic E-state index is 13.5. The number of aromatic nitrogens is 4. The molecule has 0 amide bonds. The molecular formula is C11H7FN4O. The summed E-state index contributed by atoms with van der Waals surface area (Å²) in [6.45, 7) is 0. The lowest BCUT2D eigenvalue weighted by Gasteiger charge is -2.01. The molecule has 0 bridgehead atoms. The third kappa shape index (κ3) is 1.50. The van der Waals surface area contributed by atoms with E-state index < -0.39 is 5.82 Å². The van der Waals surface area contributed by atoms with Gasteiger partial charge in [-0.2, -0.15) is 5.10 Å². The van der Waals surface area contributed by atoms with E-state index in [1.807, 2.05) is 0 Å². The van der Waals surface area contributed by atoms with Crippen molar-refractivity contribution in [2.75, 3.05) is 0 Å². The highest BCUT2D eigenvalue weighted by Gasteiger charge is 2.10. The predicted octanol–water partition coefficient (Wildman–Crippen LogP) is 1.45. The van der Waals surface area contributed by atoms with Crippen molar-refractivity contribution in [3.8, 4) is 11.4 Å². The fraction of sp³-hybridized carbons (Fsp3) is 0. The van der Waals surface area contributed by atoms with Crippen LogP contribution in [-0.4, -0.2) is 20.2 Å². The molecule has 3 rings (SSSR count). The minimum atomic E-state index is -0.436. The van der Waals surface area contributed by atoms with Crippen molar-refractivity contribution in [3.63, 3.8) is 0 Å². The number of benzene rings is 1. The van der Waals surface area contributed by atoms with Gasteiger partial charge in [-0.3, -0.25) is 9.89 Å². The largest absolute Gasteiger partial charge is 0.306 e. The van der Waals surface area contributed by atoms with Crippen molar-refractivity contribution in [3.05, 3.63) is 46.6 Å². The van der Waals surface area contributed by atoms with Crippen LogP contribution >= 0.6 is 0 Å². The monoisotopic (exact) mass is 230 g/mol. The van der Waals surface area contributed by atoms with Gasteiger partial charge in [0.05, 0.1) is 11.8 Å². The highest BCUT2D eigenvalue weighted by molar-refractivity contribution is 5.74. The topological polar surface area (TPSA) is 74.4 Å². The van der Waals surface area contributed by atoms with Gasteiger partial charge >= 0.3 is 0 Å². The van der Waals surface area contributed by atoms with Gasteiger partial charge in [0, 0.05) is 0 Å². The molecule has 84 valence electrons. The Morgan fingerprint density at radius 2 is 2.06 bits per heavy atom. The van der Waals surface area contributed by atoms with E-state index in [9.17, 15) is 9.18 Å². The van der Waals surface area contributed by atoms with E-state index in [2.05, 4.69) is 20.2 Å². The summed E-state index contributed by atoms with van der Waals surface area (Å²) in [7, 11) is 0. The molecule has 0 spiro atoms. The minimum absolute atomic E-state index is 0.185. The van der Waals surface area contributed by atoms with Gasteiger partial charge in [-0.25, -0.2) is 9.37 Å². The number of halogens is 1. The van der Waals surface area contributed by atoms with Gasteiger partial charge in [0.25, 0.3) is 5.56 Å². The lowest BCUT2D eigenvalue weighted by Crippen LogP contribution is -2.09. The van der Waals surface area contributed by atoms with Gasteiger partial charge in [-0.05, 0) is 12.1 Å². The normalized spacial score (nSPS) is 10.9. The number of fused-ring (bicyclic) bond motifs is 1. The van der Waals surface area contributed by atoms with Crippen LogP contribution in [0, 0.1) is 5.82 Å². The standard InChI is InChI=1S/C11H7FN4O/c12-8-4-2-1-3-6(8)9-14-10-7(5-13-16-10)11(17)15-9/h1-5H,(H2,13,14,15,16,17). The quantitative estimate of drug-likeness (QED) is 0.664. The number of rotatable bonds is 1. The first-order valence-electron chi connectivity index (χ1n) is 4.94. The van der Waals surface area contributed by atoms with Gasteiger partial charge in [-0.1, -0.05) is 12.1 Å². The van der Waals surface area contributed by atoms with Crippen LogP contribution in [0.5, 0.6) is 0 Å². The molecule has 2 N–H and O–H groups in total. The van der Waals surface area contributed by atoms with Crippen molar-refractivity contribution in [2.45, 2.75) is 0 Å². The Balaban J connectivity index is 2.32. The Morgan fingerprint density at radius 3 is 2.88 bits per heavy atom. The summed E-state index contributed by atoms with van der Waals surface area (Å²) in [6, 6.07) is 6.11. The zero-order valence-corrected chi connectivity index (χ0v) is 8.57. The van der Waals surface area contributed by atoms with Crippen molar-refractivity contribution >= 4 is 11.0 Å². The Hall–Kier alpha value is -2.50. The van der Waals surface area contributed by atoms with Crippen LogP contribution in [0.4, 0.5) is 4.39 Å². The van der Waals surface area contributed by atoms with Gasteiger partial charge in [0.1, 0.15) is 17.0 Å². The Morgan fingerprint density at radius 1 is 1.24 bits per heavy atom. The van der Waals surface area contributed by atoms with Crippen LogP contribution in [0.15, 0.2) is 35.3 Å². The van der Waals surface area contributed by atoms with Crippen LogP contribution in [0.2, 0.25) is 0 Å². The molecule has 0 fully saturated rings. The first-order valence-corrected chi connectivity index (χ1v) is 4.94. The second kappa shape index (κ2) is 3.51. The van der Waals surface area contributed by atoms with Gasteiger partial charge in [-0.15, -0.1) is 0 Å². The third-order valence-corrected chi connectivity index (χ3v) is 2.45. The molecule has 6 heteroatoms. The Bertz CT molecular complexity index is 746. The molecular weight excluding hydrogens is 223 g/mol. The van der Waals surface area contributed by atoms with E-state index in [1.165, 1.54) is 12.3 Å². The van der Waals surface area contributed by atoms with Gasteiger partial charge < -0.3 is 4.98 Å². The van der Waals surface area contributed by atoms with E-state index in [4.69, 9.17) is 0 Å².